The number of aromatic hydroxyl groups is 1. The van der Waals surface area contributed by atoms with Crippen molar-refractivity contribution in [3.05, 3.63) is 114 Å². The number of phenolic OH excluding ortho intramolecular Hbond substituents is 1. The molecule has 11 heteroatoms. The molecule has 0 unspecified atom stereocenters. The van der Waals surface area contributed by atoms with Crippen LogP contribution in [0.5, 0.6) is 5.75 Å². The summed E-state index contributed by atoms with van der Waals surface area (Å²) in [6, 6.07) is 29.1. The summed E-state index contributed by atoms with van der Waals surface area (Å²) in [5, 5.41) is 39.0. The van der Waals surface area contributed by atoms with E-state index in [1.54, 1.807) is 18.2 Å². The molecule has 250 valence electrons. The fourth-order valence-electron chi connectivity index (χ4n) is 6.02. The van der Waals surface area contributed by atoms with Crippen molar-refractivity contribution in [2.75, 3.05) is 42.9 Å². The third-order valence-electron chi connectivity index (χ3n) is 8.59. The predicted octanol–water partition coefficient (Wildman–Crippen LogP) is 4.83. The van der Waals surface area contributed by atoms with Gasteiger partial charge in [-0.05, 0) is 59.9 Å². The van der Waals surface area contributed by atoms with Crippen molar-refractivity contribution in [2.24, 2.45) is 0 Å². The molecule has 0 saturated carbocycles. The summed E-state index contributed by atoms with van der Waals surface area (Å²) in [6.45, 7) is 3.34. The van der Waals surface area contributed by atoms with Crippen LogP contribution in [-0.2, 0) is 11.3 Å². The molecule has 4 aromatic carbocycles. The zero-order valence-corrected chi connectivity index (χ0v) is 26.6. The van der Waals surface area contributed by atoms with E-state index in [2.05, 4.69) is 20.9 Å². The number of rotatable bonds is 14. The lowest BCUT2D eigenvalue weighted by atomic mass is 9.98. The van der Waals surface area contributed by atoms with Gasteiger partial charge < -0.3 is 36.2 Å². The third kappa shape index (κ3) is 8.77. The molecule has 4 aromatic rings. The minimum absolute atomic E-state index is 0.0821. The summed E-state index contributed by atoms with van der Waals surface area (Å²) in [6.07, 6.45) is 0.0530. The molecule has 1 saturated heterocycles. The number of likely N-dealkylation sites (tertiary alicyclic amines) is 1. The van der Waals surface area contributed by atoms with Gasteiger partial charge in [0.2, 0.25) is 6.41 Å². The third-order valence-corrected chi connectivity index (χ3v) is 8.59. The number of anilines is 2. The van der Waals surface area contributed by atoms with Crippen LogP contribution in [0.4, 0.5) is 16.2 Å². The average molecular weight is 652 g/mol. The molecular weight excluding hydrogens is 610 g/mol. The second-order valence-corrected chi connectivity index (χ2v) is 11.7. The molecule has 0 radical (unpaired) electrons. The summed E-state index contributed by atoms with van der Waals surface area (Å²) in [4.78, 5) is 39.7. The fourth-order valence-corrected chi connectivity index (χ4v) is 6.02. The van der Waals surface area contributed by atoms with E-state index in [9.17, 15) is 29.7 Å². The van der Waals surface area contributed by atoms with Crippen LogP contribution in [0.2, 0.25) is 0 Å². The molecule has 0 aromatic heterocycles. The predicted molar refractivity (Wildman–Crippen MR) is 185 cm³/mol. The van der Waals surface area contributed by atoms with Crippen LogP contribution in [0, 0.1) is 0 Å². The smallest absolute Gasteiger partial charge is 0.412 e. The van der Waals surface area contributed by atoms with Crippen LogP contribution in [0.1, 0.15) is 40.4 Å². The van der Waals surface area contributed by atoms with Crippen molar-refractivity contribution in [3.63, 3.8) is 0 Å². The topological polar surface area (TPSA) is 154 Å². The van der Waals surface area contributed by atoms with Crippen LogP contribution in [0.3, 0.4) is 0 Å². The number of hydrogen-bond donors (Lipinski definition) is 6. The Morgan fingerprint density at radius 3 is 2.35 bits per heavy atom. The summed E-state index contributed by atoms with van der Waals surface area (Å²) >= 11 is 0. The number of benzene rings is 4. The number of carboxylic acid groups (broad SMARTS) is 1. The van der Waals surface area contributed by atoms with E-state index in [0.717, 1.165) is 29.8 Å². The Morgan fingerprint density at radius 1 is 0.938 bits per heavy atom. The number of aliphatic hydroxyl groups excluding tert-OH is 1. The first-order valence-electron chi connectivity index (χ1n) is 16.0. The molecule has 48 heavy (non-hydrogen) atoms. The van der Waals surface area contributed by atoms with Gasteiger partial charge in [0.1, 0.15) is 5.75 Å². The van der Waals surface area contributed by atoms with Gasteiger partial charge >= 0.3 is 6.09 Å². The summed E-state index contributed by atoms with van der Waals surface area (Å²) in [5.74, 6) is -0.247. The molecule has 0 spiro atoms. The van der Waals surface area contributed by atoms with E-state index >= 15 is 0 Å². The van der Waals surface area contributed by atoms with Crippen LogP contribution in [-0.4, -0.2) is 77.4 Å². The lowest BCUT2D eigenvalue weighted by Crippen LogP contribution is -2.48. The van der Waals surface area contributed by atoms with Crippen molar-refractivity contribution < 1.29 is 29.7 Å². The van der Waals surface area contributed by atoms with Gasteiger partial charge in [-0.25, -0.2) is 4.79 Å². The Hall–Kier alpha value is -5.23. The monoisotopic (exact) mass is 651 g/mol. The van der Waals surface area contributed by atoms with Gasteiger partial charge in [0.15, 0.2) is 0 Å². The lowest BCUT2D eigenvalue weighted by molar-refractivity contribution is -0.105. The Balaban J connectivity index is 1.05. The quantitative estimate of drug-likeness (QED) is 0.0838. The van der Waals surface area contributed by atoms with Crippen molar-refractivity contribution in [1.82, 2.24) is 15.5 Å². The highest BCUT2D eigenvalue weighted by Crippen LogP contribution is 2.34. The standard InChI is InChI=1S/C37H41N5O6/c43-25-40-32-22-29(14-15-34(32)44)35(45)24-38-23-26-10-12-28(13-11-26)36(46)39-18-21-41-19-16-30(17-20-41)42(37(47)48)33-9-5-4-8-31(33)27-6-2-1-3-7-27/h1-15,22,25,30,35,38,44-45H,16-21,23-24H2,(H,39,46)(H,40,43)(H,47,48)/t35-/m0/s1. The fraction of sp³-hybridized carbons (Fsp3) is 0.270. The molecular formula is C37H41N5O6. The molecule has 1 aliphatic rings. The number of nitrogens with zero attached hydrogens (tertiary/aromatic N) is 2. The Morgan fingerprint density at radius 2 is 1.65 bits per heavy atom. The van der Waals surface area contributed by atoms with Crippen LogP contribution < -0.4 is 20.9 Å². The van der Waals surface area contributed by atoms with Crippen LogP contribution in [0.25, 0.3) is 11.1 Å². The zero-order chi connectivity index (χ0) is 33.9. The van der Waals surface area contributed by atoms with Gasteiger partial charge in [0.05, 0.1) is 17.5 Å². The van der Waals surface area contributed by atoms with Crippen molar-refractivity contribution >= 4 is 29.8 Å². The average Bonchev–Trinajstić information content (AvgIpc) is 3.11. The number of amides is 3. The molecule has 11 nitrogen and oxygen atoms in total. The van der Waals surface area contributed by atoms with Gasteiger partial charge in [0.25, 0.3) is 5.91 Å². The summed E-state index contributed by atoms with van der Waals surface area (Å²) in [7, 11) is 0. The second kappa shape index (κ2) is 16.6. The molecule has 1 aliphatic heterocycles. The largest absolute Gasteiger partial charge is 0.506 e. The van der Waals surface area contributed by atoms with Gasteiger partial charge in [-0.15, -0.1) is 0 Å². The molecule has 1 atom stereocenters. The maximum atomic E-state index is 12.8. The molecule has 0 aliphatic carbocycles. The van der Waals surface area contributed by atoms with E-state index in [1.165, 1.54) is 17.0 Å². The highest BCUT2D eigenvalue weighted by atomic mass is 16.4. The van der Waals surface area contributed by atoms with Gasteiger partial charge in [-0.1, -0.05) is 66.7 Å². The van der Waals surface area contributed by atoms with Crippen molar-refractivity contribution in [1.29, 1.82) is 0 Å². The number of nitrogens with one attached hydrogen (secondary N) is 3. The Labute approximate surface area is 279 Å². The first kappa shape index (κ1) is 34.1. The second-order valence-electron chi connectivity index (χ2n) is 11.7. The van der Waals surface area contributed by atoms with Gasteiger partial charge in [-0.3, -0.25) is 14.5 Å². The molecule has 1 fully saturated rings. The van der Waals surface area contributed by atoms with Crippen LogP contribution in [0.15, 0.2) is 97.1 Å². The summed E-state index contributed by atoms with van der Waals surface area (Å²) < 4.78 is 0. The maximum Gasteiger partial charge on any atom is 0.412 e. The number of aliphatic hydroxyl groups is 1. The first-order chi connectivity index (χ1) is 23.3. The minimum atomic E-state index is -0.958. The maximum absolute atomic E-state index is 12.8. The van der Waals surface area contributed by atoms with E-state index < -0.39 is 12.2 Å². The van der Waals surface area contributed by atoms with E-state index in [1.807, 2.05) is 66.7 Å². The number of piperidine rings is 1. The van der Waals surface area contributed by atoms with Gasteiger partial charge in [-0.2, -0.15) is 0 Å². The molecule has 3 amide bonds. The molecule has 5 rings (SSSR count). The number of carbonyl (C=O) groups is 3. The Kier molecular flexibility index (Phi) is 11.8. The van der Waals surface area contributed by atoms with E-state index in [0.29, 0.717) is 55.7 Å². The molecule has 0 bridgehead atoms. The number of phenols is 1. The molecule has 6 N–H and O–H groups in total. The highest BCUT2D eigenvalue weighted by molar-refractivity contribution is 5.94. The normalized spacial score (nSPS) is 14.2. The highest BCUT2D eigenvalue weighted by Gasteiger charge is 2.30. The number of hydrogen-bond acceptors (Lipinski definition) is 7. The zero-order valence-electron chi connectivity index (χ0n) is 26.6. The van der Waals surface area contributed by atoms with Gasteiger partial charge in [0, 0.05) is 56.4 Å². The first-order valence-corrected chi connectivity index (χ1v) is 16.0. The van der Waals surface area contributed by atoms with Crippen molar-refractivity contribution in [2.45, 2.75) is 31.5 Å². The SMILES string of the molecule is O=CNc1cc([C@@H](O)CNCc2ccc(C(=O)NCCN3CCC(N(C(=O)O)c4ccccc4-c4ccccc4)CC3)cc2)ccc1O. The Bertz CT molecular complexity index is 1680. The minimum Gasteiger partial charge on any atom is -0.506 e. The lowest BCUT2D eigenvalue weighted by Gasteiger charge is -2.38. The van der Waals surface area contributed by atoms with Crippen LogP contribution >= 0.6 is 0 Å². The van der Waals surface area contributed by atoms with E-state index in [4.69, 9.17) is 0 Å². The number of para-hydroxylation sites is 1. The molecule has 1 heterocycles. The van der Waals surface area contributed by atoms with Crippen molar-refractivity contribution in [3.8, 4) is 16.9 Å². The summed E-state index contributed by atoms with van der Waals surface area (Å²) in [5.41, 5.74) is 4.83. The number of carbonyl (C=O) groups excluding carboxylic acids is 2. The van der Waals surface area contributed by atoms with E-state index in [-0.39, 0.29) is 29.9 Å².